The number of aliphatic carboxylic acids is 1. The number of hydrogen-bond acceptors (Lipinski definition) is 4. The molecule has 2 aliphatic rings. The van der Waals surface area contributed by atoms with Crippen LogP contribution in [-0.2, 0) is 16.1 Å². The van der Waals surface area contributed by atoms with Crippen molar-refractivity contribution in [2.24, 2.45) is 0 Å². The number of carbonyl (C=O) groups is 1. The van der Waals surface area contributed by atoms with Crippen LogP contribution in [-0.4, -0.2) is 72.5 Å². The minimum absolute atomic E-state index is 0.102. The Labute approximate surface area is 170 Å². The first-order chi connectivity index (χ1) is 13.4. The highest BCUT2D eigenvalue weighted by molar-refractivity contribution is 5.73. The first-order valence-corrected chi connectivity index (χ1v) is 9.81. The number of hydrogen-bond donors (Lipinski definition) is 1. The number of aryl methyl sites for hydroxylation is 2. The molecule has 2 heterocycles. The Morgan fingerprint density at radius 2 is 2.00 bits per heavy atom. The van der Waals surface area contributed by atoms with Crippen LogP contribution in [0.3, 0.4) is 0 Å². The van der Waals surface area contributed by atoms with Gasteiger partial charge in [-0.1, -0.05) is 23.8 Å². The zero-order chi connectivity index (χ0) is 21.8. The second-order valence-corrected chi connectivity index (χ2v) is 8.34. The zero-order valence-electron chi connectivity index (χ0n) is 17.6. The van der Waals surface area contributed by atoms with Gasteiger partial charge in [0.25, 0.3) is 0 Å². The molecule has 0 radical (unpaired) electrons. The van der Waals surface area contributed by atoms with Crippen LogP contribution in [0.4, 0.5) is 13.2 Å². The van der Waals surface area contributed by atoms with Gasteiger partial charge in [-0.3, -0.25) is 4.90 Å². The molecule has 1 N–H and O–H groups in total. The molecule has 1 aromatic carbocycles. The molecule has 2 saturated heterocycles. The summed E-state index contributed by atoms with van der Waals surface area (Å²) in [4.78, 5) is 13.9. The van der Waals surface area contributed by atoms with E-state index in [1.165, 1.54) is 36.0 Å². The molecule has 1 aromatic rings. The Bertz CT molecular complexity index is 709. The summed E-state index contributed by atoms with van der Waals surface area (Å²) in [5, 5.41) is 7.12. The third kappa shape index (κ3) is 6.69. The molecule has 2 atom stereocenters. The van der Waals surface area contributed by atoms with E-state index in [0.29, 0.717) is 6.04 Å². The molecule has 0 amide bonds. The molecule has 8 heteroatoms. The number of rotatable bonds is 3. The van der Waals surface area contributed by atoms with Crippen molar-refractivity contribution in [1.29, 1.82) is 0 Å². The van der Waals surface area contributed by atoms with Crippen LogP contribution in [0.1, 0.15) is 36.0 Å². The van der Waals surface area contributed by atoms with Gasteiger partial charge in [0.2, 0.25) is 0 Å². The van der Waals surface area contributed by atoms with Gasteiger partial charge in [-0.2, -0.15) is 13.2 Å². The maximum atomic E-state index is 10.6. The Morgan fingerprint density at radius 3 is 2.59 bits per heavy atom. The van der Waals surface area contributed by atoms with E-state index in [2.05, 4.69) is 55.9 Å². The highest BCUT2D eigenvalue weighted by atomic mass is 19.4. The number of benzene rings is 1. The van der Waals surface area contributed by atoms with E-state index in [-0.39, 0.29) is 5.60 Å². The minimum Gasteiger partial charge on any atom is -0.475 e. The summed E-state index contributed by atoms with van der Waals surface area (Å²) in [6, 6.07) is 7.46. The highest BCUT2D eigenvalue weighted by Gasteiger charge is 2.43. The van der Waals surface area contributed by atoms with E-state index < -0.39 is 12.1 Å². The van der Waals surface area contributed by atoms with Gasteiger partial charge in [0.15, 0.2) is 0 Å². The van der Waals surface area contributed by atoms with Crippen LogP contribution in [0, 0.1) is 13.8 Å². The molecule has 0 bridgehead atoms. The molecule has 0 aliphatic carbocycles. The van der Waals surface area contributed by atoms with E-state index in [9.17, 15) is 13.2 Å². The molecular weight excluding hydrogens is 385 g/mol. The number of halogens is 3. The lowest BCUT2D eigenvalue weighted by Crippen LogP contribution is -2.48. The van der Waals surface area contributed by atoms with E-state index in [0.717, 1.165) is 26.2 Å². The number of carboxylic acids is 1. The topological polar surface area (TPSA) is 53.0 Å². The quantitative estimate of drug-likeness (QED) is 0.816. The van der Waals surface area contributed by atoms with Crippen LogP contribution < -0.4 is 0 Å². The van der Waals surface area contributed by atoms with Gasteiger partial charge >= 0.3 is 12.1 Å². The summed E-state index contributed by atoms with van der Waals surface area (Å²) in [5.41, 5.74) is 4.33. The normalized spacial score (nSPS) is 25.2. The van der Waals surface area contributed by atoms with Gasteiger partial charge in [0.1, 0.15) is 0 Å². The monoisotopic (exact) mass is 416 g/mol. The molecule has 3 rings (SSSR count). The average Bonchev–Trinajstić information content (AvgIpc) is 2.99. The fourth-order valence-corrected chi connectivity index (χ4v) is 4.00. The molecule has 0 saturated carbocycles. The summed E-state index contributed by atoms with van der Waals surface area (Å²) in [6.07, 6.45) is -1.54. The standard InChI is InChI=1S/C19H30N2O.C2HF3O2/c1-15-5-6-16(2)17(11-15)13-21-9-8-19(14-21)12-18(20(3)4)7-10-22-19;3-2(4,5)1(6)7/h5-6,11,18H,7-10,12-14H2,1-4H3;(H,6,7)/t18-,19-;/m1./s1. The van der Waals surface area contributed by atoms with Gasteiger partial charge in [0, 0.05) is 32.3 Å². The summed E-state index contributed by atoms with van der Waals surface area (Å²) >= 11 is 0. The summed E-state index contributed by atoms with van der Waals surface area (Å²) in [6.45, 7) is 8.63. The van der Waals surface area contributed by atoms with Crippen LogP contribution >= 0.6 is 0 Å². The Kier molecular flexibility index (Phi) is 7.70. The average molecular weight is 416 g/mol. The molecule has 0 aromatic heterocycles. The van der Waals surface area contributed by atoms with Crippen molar-refractivity contribution < 1.29 is 27.8 Å². The maximum Gasteiger partial charge on any atom is 0.490 e. The third-order valence-corrected chi connectivity index (χ3v) is 5.73. The molecule has 0 unspecified atom stereocenters. The van der Waals surface area contributed by atoms with E-state index in [1.54, 1.807) is 0 Å². The maximum absolute atomic E-state index is 10.6. The minimum atomic E-state index is -5.08. The second-order valence-electron chi connectivity index (χ2n) is 8.34. The van der Waals surface area contributed by atoms with Gasteiger partial charge < -0.3 is 14.7 Å². The van der Waals surface area contributed by atoms with Crippen molar-refractivity contribution in [3.63, 3.8) is 0 Å². The summed E-state index contributed by atoms with van der Waals surface area (Å²) in [7, 11) is 4.40. The Balaban J connectivity index is 0.000000370. The SMILES string of the molecule is Cc1ccc(C)c(CN2CC[C@@]3(C[C@H](N(C)C)CCO3)C2)c1.O=C(O)C(F)(F)F. The van der Waals surface area contributed by atoms with Crippen molar-refractivity contribution in [2.45, 2.75) is 57.5 Å². The fraction of sp³-hybridized carbons (Fsp3) is 0.667. The van der Waals surface area contributed by atoms with Gasteiger partial charge in [-0.15, -0.1) is 0 Å². The summed E-state index contributed by atoms with van der Waals surface area (Å²) in [5.74, 6) is -2.76. The lowest BCUT2D eigenvalue weighted by molar-refractivity contribution is -0.192. The predicted octanol–water partition coefficient (Wildman–Crippen LogP) is 3.62. The van der Waals surface area contributed by atoms with Crippen LogP contribution in [0.5, 0.6) is 0 Å². The van der Waals surface area contributed by atoms with E-state index in [1.807, 2.05) is 0 Å². The Morgan fingerprint density at radius 1 is 1.34 bits per heavy atom. The van der Waals surface area contributed by atoms with Gasteiger partial charge in [-0.05, 0) is 58.3 Å². The molecule has 2 fully saturated rings. The lowest BCUT2D eigenvalue weighted by Gasteiger charge is -2.40. The summed E-state index contributed by atoms with van der Waals surface area (Å²) < 4.78 is 38.0. The first-order valence-electron chi connectivity index (χ1n) is 9.81. The number of alkyl halides is 3. The van der Waals surface area contributed by atoms with Crippen molar-refractivity contribution in [2.75, 3.05) is 33.8 Å². The third-order valence-electron chi connectivity index (χ3n) is 5.73. The number of ether oxygens (including phenoxy) is 1. The van der Waals surface area contributed by atoms with Crippen molar-refractivity contribution >= 4 is 5.97 Å². The molecule has 2 aliphatic heterocycles. The zero-order valence-corrected chi connectivity index (χ0v) is 17.6. The van der Waals surface area contributed by atoms with E-state index >= 15 is 0 Å². The van der Waals surface area contributed by atoms with Crippen molar-refractivity contribution in [3.8, 4) is 0 Å². The predicted molar refractivity (Wildman–Crippen MR) is 105 cm³/mol. The smallest absolute Gasteiger partial charge is 0.475 e. The first kappa shape index (κ1) is 23.6. The van der Waals surface area contributed by atoms with Crippen LogP contribution in [0.25, 0.3) is 0 Å². The molecule has 29 heavy (non-hydrogen) atoms. The lowest BCUT2D eigenvalue weighted by atomic mass is 9.89. The molecule has 1 spiro atoms. The molecule has 164 valence electrons. The second kappa shape index (κ2) is 9.45. The van der Waals surface area contributed by atoms with Crippen LogP contribution in [0.2, 0.25) is 0 Å². The number of carboxylic acid groups (broad SMARTS) is 1. The fourth-order valence-electron chi connectivity index (χ4n) is 4.00. The van der Waals surface area contributed by atoms with Gasteiger partial charge in [0.05, 0.1) is 5.60 Å². The van der Waals surface area contributed by atoms with E-state index in [4.69, 9.17) is 14.6 Å². The molecule has 5 nitrogen and oxygen atoms in total. The molecular formula is C21H31F3N2O3. The number of nitrogens with zero attached hydrogens (tertiary/aromatic N) is 2. The van der Waals surface area contributed by atoms with Crippen molar-refractivity contribution in [1.82, 2.24) is 9.80 Å². The van der Waals surface area contributed by atoms with Crippen molar-refractivity contribution in [3.05, 3.63) is 34.9 Å². The number of likely N-dealkylation sites (tertiary alicyclic amines) is 1. The highest BCUT2D eigenvalue weighted by Crippen LogP contribution is 2.36. The Hall–Kier alpha value is -1.64. The van der Waals surface area contributed by atoms with Crippen LogP contribution in [0.15, 0.2) is 18.2 Å². The largest absolute Gasteiger partial charge is 0.490 e. The van der Waals surface area contributed by atoms with Gasteiger partial charge in [-0.25, -0.2) is 4.79 Å².